The van der Waals surface area contributed by atoms with E-state index < -0.39 is 0 Å². The Labute approximate surface area is 148 Å². The zero-order valence-corrected chi connectivity index (χ0v) is 14.5. The minimum absolute atomic E-state index is 0.249. The van der Waals surface area contributed by atoms with Gasteiger partial charge in [0, 0.05) is 22.2 Å². The quantitative estimate of drug-likeness (QED) is 0.747. The summed E-state index contributed by atoms with van der Waals surface area (Å²) in [6.45, 7) is 0.760. The maximum atomic E-state index is 6.32. The van der Waals surface area contributed by atoms with Crippen LogP contribution in [0.5, 0.6) is 0 Å². The van der Waals surface area contributed by atoms with Gasteiger partial charge < -0.3 is 5.32 Å². The molecule has 0 spiro atoms. The molecule has 3 aliphatic rings. The molecule has 3 saturated carbocycles. The number of halogens is 1. The molecule has 3 aromatic rings. The van der Waals surface area contributed by atoms with Crippen molar-refractivity contribution in [2.24, 2.45) is 5.92 Å². The van der Waals surface area contributed by atoms with E-state index in [9.17, 15) is 0 Å². The van der Waals surface area contributed by atoms with Gasteiger partial charge in [0.1, 0.15) is 0 Å². The van der Waals surface area contributed by atoms with E-state index in [0.717, 1.165) is 23.7 Å². The van der Waals surface area contributed by atoms with Gasteiger partial charge in [0.15, 0.2) is 0 Å². The van der Waals surface area contributed by atoms with Crippen LogP contribution in [0, 0.1) is 5.92 Å². The largest absolute Gasteiger partial charge is 0.349 e. The molecule has 3 heterocycles. The van der Waals surface area contributed by atoms with Crippen LogP contribution < -0.4 is 5.32 Å². The van der Waals surface area contributed by atoms with Crippen molar-refractivity contribution >= 4 is 28.9 Å². The third-order valence-electron chi connectivity index (χ3n) is 4.96. The van der Waals surface area contributed by atoms with Gasteiger partial charge in [-0.05, 0) is 36.6 Å². The van der Waals surface area contributed by atoms with E-state index in [1.54, 1.807) is 17.5 Å². The van der Waals surface area contributed by atoms with E-state index in [1.165, 1.54) is 24.1 Å². The van der Waals surface area contributed by atoms with Crippen molar-refractivity contribution in [2.45, 2.75) is 31.3 Å². The average molecular weight is 358 g/mol. The molecule has 0 saturated heterocycles. The Morgan fingerprint density at radius 1 is 1.33 bits per heavy atom. The Balaban J connectivity index is 1.40. The number of nitrogens with one attached hydrogen (secondary N) is 1. The average Bonchev–Trinajstić information content (AvgIpc) is 3.15. The molecular formula is C17H16ClN5S. The molecule has 24 heavy (non-hydrogen) atoms. The van der Waals surface area contributed by atoms with Gasteiger partial charge in [-0.15, -0.1) is 11.3 Å². The van der Waals surface area contributed by atoms with Crippen molar-refractivity contribution in [3.63, 3.8) is 0 Å². The molecule has 6 rings (SSSR count). The lowest BCUT2D eigenvalue weighted by atomic mass is 9.50. The van der Waals surface area contributed by atoms with Gasteiger partial charge in [-0.1, -0.05) is 17.7 Å². The van der Waals surface area contributed by atoms with E-state index in [1.807, 2.05) is 17.1 Å². The van der Waals surface area contributed by atoms with Crippen molar-refractivity contribution in [3.8, 4) is 11.3 Å². The normalized spacial score (nSPS) is 24.3. The van der Waals surface area contributed by atoms with Crippen LogP contribution in [-0.2, 0) is 6.54 Å². The lowest BCUT2D eigenvalue weighted by Crippen LogP contribution is -2.63. The number of rotatable bonds is 5. The zero-order valence-electron chi connectivity index (χ0n) is 12.9. The van der Waals surface area contributed by atoms with Crippen LogP contribution in [0.25, 0.3) is 11.3 Å². The molecule has 0 aromatic carbocycles. The van der Waals surface area contributed by atoms with Crippen LogP contribution in [0.15, 0.2) is 36.1 Å². The Bertz CT molecular complexity index is 871. The van der Waals surface area contributed by atoms with Crippen molar-refractivity contribution in [2.75, 3.05) is 5.32 Å². The predicted octanol–water partition coefficient (Wildman–Crippen LogP) is 4.07. The number of thiophene rings is 1. The molecule has 0 amide bonds. The topological polar surface area (TPSA) is 55.6 Å². The highest BCUT2D eigenvalue weighted by Crippen LogP contribution is 2.58. The van der Waals surface area contributed by atoms with Gasteiger partial charge in [0.2, 0.25) is 5.95 Å². The fourth-order valence-corrected chi connectivity index (χ4v) is 4.53. The Kier molecular flexibility index (Phi) is 3.18. The third kappa shape index (κ3) is 2.41. The van der Waals surface area contributed by atoms with Gasteiger partial charge in [0.05, 0.1) is 29.7 Å². The number of anilines is 1. The summed E-state index contributed by atoms with van der Waals surface area (Å²) < 4.78 is 1.91. The van der Waals surface area contributed by atoms with Gasteiger partial charge in [-0.3, -0.25) is 4.68 Å². The molecule has 3 aliphatic carbocycles. The second-order valence-electron chi connectivity index (χ2n) is 6.78. The minimum Gasteiger partial charge on any atom is -0.349 e. The first-order chi connectivity index (χ1) is 11.7. The molecule has 0 radical (unpaired) electrons. The SMILES string of the molecule is Clc1cnc(NC23CC(C2)C3)nc1-c1cnn(Cc2cccs2)c1. The molecule has 2 bridgehead atoms. The summed E-state index contributed by atoms with van der Waals surface area (Å²) in [5, 5.41) is 10.5. The molecule has 0 unspecified atom stereocenters. The molecule has 3 fully saturated rings. The van der Waals surface area contributed by atoms with E-state index >= 15 is 0 Å². The molecular weight excluding hydrogens is 342 g/mol. The molecule has 1 N–H and O–H groups in total. The summed E-state index contributed by atoms with van der Waals surface area (Å²) in [5.41, 5.74) is 1.90. The maximum absolute atomic E-state index is 6.32. The molecule has 122 valence electrons. The molecule has 5 nitrogen and oxygen atoms in total. The number of nitrogens with zero attached hydrogens (tertiary/aromatic N) is 4. The van der Waals surface area contributed by atoms with Crippen LogP contribution in [0.2, 0.25) is 5.02 Å². The van der Waals surface area contributed by atoms with Crippen LogP contribution >= 0.6 is 22.9 Å². The zero-order chi connectivity index (χ0) is 16.1. The van der Waals surface area contributed by atoms with Crippen molar-refractivity contribution < 1.29 is 0 Å². The van der Waals surface area contributed by atoms with E-state index in [0.29, 0.717) is 11.0 Å². The van der Waals surface area contributed by atoms with Gasteiger partial charge >= 0.3 is 0 Å². The van der Waals surface area contributed by atoms with Crippen molar-refractivity contribution in [3.05, 3.63) is 46.0 Å². The highest BCUT2D eigenvalue weighted by Gasteiger charge is 2.57. The Morgan fingerprint density at radius 2 is 2.21 bits per heavy atom. The first-order valence-corrected chi connectivity index (χ1v) is 9.31. The standard InChI is InChI=1S/C17H16ClN5S/c18-14-8-19-16(22-17-4-11(5-17)6-17)21-15(14)12-7-20-23(9-12)10-13-2-1-3-24-13/h1-3,7-9,11H,4-6,10H2,(H,19,21,22). The first kappa shape index (κ1) is 14.4. The fraction of sp³-hybridized carbons (Fsp3) is 0.353. The minimum atomic E-state index is 0.249. The van der Waals surface area contributed by atoms with E-state index in [2.05, 4.69) is 37.9 Å². The molecule has 0 aliphatic heterocycles. The Hall–Kier alpha value is -1.92. The number of hydrogen-bond donors (Lipinski definition) is 1. The fourth-order valence-electron chi connectivity index (χ4n) is 3.63. The first-order valence-electron chi connectivity index (χ1n) is 8.05. The second kappa shape index (κ2) is 5.29. The van der Waals surface area contributed by atoms with E-state index in [-0.39, 0.29) is 5.54 Å². The lowest BCUT2D eigenvalue weighted by molar-refractivity contribution is 0.00147. The van der Waals surface area contributed by atoms with Crippen LogP contribution in [0.3, 0.4) is 0 Å². The monoisotopic (exact) mass is 357 g/mol. The summed E-state index contributed by atoms with van der Waals surface area (Å²) in [7, 11) is 0. The van der Waals surface area contributed by atoms with Crippen molar-refractivity contribution in [1.82, 2.24) is 19.7 Å². The van der Waals surface area contributed by atoms with Crippen LogP contribution in [0.4, 0.5) is 5.95 Å². The molecule has 7 heteroatoms. The number of hydrogen-bond acceptors (Lipinski definition) is 5. The maximum Gasteiger partial charge on any atom is 0.223 e. The van der Waals surface area contributed by atoms with E-state index in [4.69, 9.17) is 11.6 Å². The Morgan fingerprint density at radius 3 is 2.92 bits per heavy atom. The predicted molar refractivity (Wildman–Crippen MR) is 95.4 cm³/mol. The third-order valence-corrected chi connectivity index (χ3v) is 6.10. The highest BCUT2D eigenvalue weighted by atomic mass is 35.5. The number of aromatic nitrogens is 4. The summed E-state index contributed by atoms with van der Waals surface area (Å²) in [5.74, 6) is 1.58. The lowest BCUT2D eigenvalue weighted by Gasteiger charge is -2.61. The van der Waals surface area contributed by atoms with Crippen LogP contribution in [0.1, 0.15) is 24.1 Å². The molecule has 3 aromatic heterocycles. The second-order valence-corrected chi connectivity index (χ2v) is 8.22. The summed E-state index contributed by atoms with van der Waals surface area (Å²) in [6, 6.07) is 4.16. The highest BCUT2D eigenvalue weighted by molar-refractivity contribution is 7.09. The van der Waals surface area contributed by atoms with Gasteiger partial charge in [-0.25, -0.2) is 9.97 Å². The molecule has 0 atom stereocenters. The summed E-state index contributed by atoms with van der Waals surface area (Å²) in [4.78, 5) is 10.3. The van der Waals surface area contributed by atoms with Gasteiger partial charge in [0.25, 0.3) is 0 Å². The van der Waals surface area contributed by atoms with Crippen molar-refractivity contribution in [1.29, 1.82) is 0 Å². The van der Waals surface area contributed by atoms with Gasteiger partial charge in [-0.2, -0.15) is 5.10 Å². The van der Waals surface area contributed by atoms with Crippen LogP contribution in [-0.4, -0.2) is 25.3 Å². The summed E-state index contributed by atoms with van der Waals surface area (Å²) in [6.07, 6.45) is 9.20. The smallest absolute Gasteiger partial charge is 0.223 e. The summed E-state index contributed by atoms with van der Waals surface area (Å²) >= 11 is 8.05.